The second-order valence-corrected chi connectivity index (χ2v) is 4.86. The number of anilines is 1. The minimum absolute atomic E-state index is 0.0951. The summed E-state index contributed by atoms with van der Waals surface area (Å²) in [4.78, 5) is 2.06. The van der Waals surface area contributed by atoms with Crippen molar-refractivity contribution in [2.75, 3.05) is 19.0 Å². The average molecular weight is 250 g/mol. The van der Waals surface area contributed by atoms with E-state index in [1.54, 1.807) is 0 Å². The van der Waals surface area contributed by atoms with Gasteiger partial charge in [0.1, 0.15) is 0 Å². The van der Waals surface area contributed by atoms with E-state index in [4.69, 9.17) is 0 Å². The molecule has 0 aromatic heterocycles. The van der Waals surface area contributed by atoms with E-state index in [-0.39, 0.29) is 5.92 Å². The van der Waals surface area contributed by atoms with Gasteiger partial charge in [0.25, 0.3) is 0 Å². The highest BCUT2D eigenvalue weighted by Crippen LogP contribution is 2.23. The molecule has 96 valence electrons. The summed E-state index contributed by atoms with van der Waals surface area (Å²) < 4.78 is 0. The van der Waals surface area contributed by atoms with Crippen molar-refractivity contribution >= 4 is 5.69 Å². The van der Waals surface area contributed by atoms with Crippen molar-refractivity contribution in [3.63, 3.8) is 0 Å². The second-order valence-electron chi connectivity index (χ2n) is 4.86. The van der Waals surface area contributed by atoms with Crippen LogP contribution in [0.4, 0.5) is 5.69 Å². The van der Waals surface area contributed by atoms with Crippen LogP contribution in [0.15, 0.2) is 54.6 Å². The third-order valence-corrected chi connectivity index (χ3v) is 3.23. The molecule has 0 amide bonds. The molecule has 0 aliphatic carbocycles. The van der Waals surface area contributed by atoms with Crippen molar-refractivity contribution in [3.05, 3.63) is 65.7 Å². The van der Waals surface area contributed by atoms with Gasteiger partial charge in [0.15, 0.2) is 0 Å². The van der Waals surface area contributed by atoms with Gasteiger partial charge in [-0.2, -0.15) is 5.26 Å². The van der Waals surface area contributed by atoms with Crippen LogP contribution in [0.5, 0.6) is 0 Å². The van der Waals surface area contributed by atoms with E-state index in [0.29, 0.717) is 0 Å². The first-order chi connectivity index (χ1) is 9.20. The zero-order valence-corrected chi connectivity index (χ0v) is 11.4. The summed E-state index contributed by atoms with van der Waals surface area (Å²) in [6, 6.07) is 20.8. The number of benzene rings is 2. The first-order valence-electron chi connectivity index (χ1n) is 6.41. The Balaban J connectivity index is 2.23. The molecule has 2 aromatic carbocycles. The fraction of sp³-hybridized carbons (Fsp3) is 0.235. The number of nitrogens with zero attached hydrogens (tertiary/aromatic N) is 2. The molecule has 0 aliphatic rings. The average Bonchev–Trinajstić information content (AvgIpc) is 2.46. The van der Waals surface area contributed by atoms with E-state index in [1.807, 2.05) is 44.4 Å². The molecule has 2 rings (SSSR count). The predicted octanol–water partition coefficient (Wildman–Crippen LogP) is 3.60. The van der Waals surface area contributed by atoms with E-state index in [9.17, 15) is 5.26 Å². The normalized spacial score (nSPS) is 11.6. The van der Waals surface area contributed by atoms with Gasteiger partial charge in [-0.1, -0.05) is 42.5 Å². The van der Waals surface area contributed by atoms with Crippen LogP contribution in [0.1, 0.15) is 17.0 Å². The maximum absolute atomic E-state index is 9.41. The lowest BCUT2D eigenvalue weighted by Crippen LogP contribution is -2.09. The van der Waals surface area contributed by atoms with Crippen molar-refractivity contribution in [2.45, 2.75) is 12.3 Å². The largest absolute Gasteiger partial charge is 0.378 e. The topological polar surface area (TPSA) is 27.0 Å². The molecule has 0 fully saturated rings. The predicted molar refractivity (Wildman–Crippen MR) is 79.3 cm³/mol. The van der Waals surface area contributed by atoms with Crippen molar-refractivity contribution in [1.29, 1.82) is 5.26 Å². The number of nitriles is 1. The summed E-state index contributed by atoms with van der Waals surface area (Å²) >= 11 is 0. The van der Waals surface area contributed by atoms with Crippen LogP contribution in [0.25, 0.3) is 0 Å². The molecule has 0 spiro atoms. The van der Waals surface area contributed by atoms with Crippen LogP contribution in [0.3, 0.4) is 0 Å². The van der Waals surface area contributed by atoms with Crippen LogP contribution >= 0.6 is 0 Å². The Labute approximate surface area is 114 Å². The Morgan fingerprint density at radius 3 is 2.42 bits per heavy atom. The second kappa shape index (κ2) is 6.06. The van der Waals surface area contributed by atoms with Crippen LogP contribution in [0, 0.1) is 11.3 Å². The standard InChI is InChI=1S/C17H18N2/c1-19(2)17-10-6-9-15(12-17)16(13-18)11-14-7-4-3-5-8-14/h3-10,12,16H,11H2,1-2H3. The molecule has 2 aromatic rings. The van der Waals surface area contributed by atoms with Crippen LogP contribution in [-0.4, -0.2) is 14.1 Å². The van der Waals surface area contributed by atoms with Gasteiger partial charge in [0, 0.05) is 19.8 Å². The Kier molecular flexibility index (Phi) is 4.20. The molecular formula is C17H18N2. The molecule has 0 N–H and O–H groups in total. The molecular weight excluding hydrogens is 232 g/mol. The van der Waals surface area contributed by atoms with Gasteiger partial charge in [0.05, 0.1) is 12.0 Å². The summed E-state index contributed by atoms with van der Waals surface area (Å²) in [5.41, 5.74) is 3.41. The fourth-order valence-electron chi connectivity index (χ4n) is 2.11. The van der Waals surface area contributed by atoms with Gasteiger partial charge in [-0.25, -0.2) is 0 Å². The van der Waals surface area contributed by atoms with E-state index in [0.717, 1.165) is 17.7 Å². The highest BCUT2D eigenvalue weighted by molar-refractivity contribution is 5.49. The molecule has 2 nitrogen and oxygen atoms in total. The van der Waals surface area contributed by atoms with Crippen molar-refractivity contribution in [3.8, 4) is 6.07 Å². The number of hydrogen-bond donors (Lipinski definition) is 0. The molecule has 0 saturated carbocycles. The first-order valence-corrected chi connectivity index (χ1v) is 6.41. The molecule has 19 heavy (non-hydrogen) atoms. The summed E-state index contributed by atoms with van der Waals surface area (Å²) in [6.07, 6.45) is 0.758. The molecule has 0 radical (unpaired) electrons. The summed E-state index contributed by atoms with van der Waals surface area (Å²) in [6.45, 7) is 0. The van der Waals surface area contributed by atoms with Crippen LogP contribution in [-0.2, 0) is 6.42 Å². The van der Waals surface area contributed by atoms with Crippen LogP contribution in [0.2, 0.25) is 0 Å². The monoisotopic (exact) mass is 250 g/mol. The Bertz CT molecular complexity index is 567. The highest BCUT2D eigenvalue weighted by atomic mass is 15.1. The lowest BCUT2D eigenvalue weighted by atomic mass is 9.93. The van der Waals surface area contributed by atoms with E-state index in [1.165, 1.54) is 5.56 Å². The number of hydrogen-bond acceptors (Lipinski definition) is 2. The lowest BCUT2D eigenvalue weighted by Gasteiger charge is -2.16. The molecule has 0 heterocycles. The zero-order valence-electron chi connectivity index (χ0n) is 11.4. The number of rotatable bonds is 4. The molecule has 1 unspecified atom stereocenters. The van der Waals surface area contributed by atoms with Gasteiger partial charge >= 0.3 is 0 Å². The zero-order chi connectivity index (χ0) is 13.7. The van der Waals surface area contributed by atoms with Gasteiger partial charge in [-0.3, -0.25) is 0 Å². The SMILES string of the molecule is CN(C)c1cccc(C(C#N)Cc2ccccc2)c1. The molecule has 0 saturated heterocycles. The van der Waals surface area contributed by atoms with Crippen molar-refractivity contribution in [2.24, 2.45) is 0 Å². The molecule has 2 heteroatoms. The van der Waals surface area contributed by atoms with Crippen LogP contribution < -0.4 is 4.90 Å². The van der Waals surface area contributed by atoms with Gasteiger partial charge < -0.3 is 4.90 Å². The maximum Gasteiger partial charge on any atom is 0.0753 e. The molecule has 0 bridgehead atoms. The van der Waals surface area contributed by atoms with E-state index < -0.39 is 0 Å². The Hall–Kier alpha value is -2.27. The van der Waals surface area contributed by atoms with E-state index in [2.05, 4.69) is 35.2 Å². The summed E-state index contributed by atoms with van der Waals surface area (Å²) in [5.74, 6) is -0.0951. The summed E-state index contributed by atoms with van der Waals surface area (Å²) in [5, 5.41) is 9.41. The minimum Gasteiger partial charge on any atom is -0.378 e. The highest BCUT2D eigenvalue weighted by Gasteiger charge is 2.12. The van der Waals surface area contributed by atoms with Gasteiger partial charge in [0.2, 0.25) is 0 Å². The van der Waals surface area contributed by atoms with Crippen molar-refractivity contribution in [1.82, 2.24) is 0 Å². The first kappa shape index (κ1) is 13.2. The molecule has 1 atom stereocenters. The third-order valence-electron chi connectivity index (χ3n) is 3.23. The summed E-state index contributed by atoms with van der Waals surface area (Å²) in [7, 11) is 4.02. The lowest BCUT2D eigenvalue weighted by molar-refractivity contribution is 0.848. The third kappa shape index (κ3) is 3.35. The quantitative estimate of drug-likeness (QED) is 0.829. The van der Waals surface area contributed by atoms with Crippen molar-refractivity contribution < 1.29 is 0 Å². The Morgan fingerprint density at radius 2 is 1.79 bits per heavy atom. The fourth-order valence-corrected chi connectivity index (χ4v) is 2.11. The van der Waals surface area contributed by atoms with Gasteiger partial charge in [-0.05, 0) is 29.7 Å². The maximum atomic E-state index is 9.41. The molecule has 0 aliphatic heterocycles. The van der Waals surface area contributed by atoms with Gasteiger partial charge in [-0.15, -0.1) is 0 Å². The minimum atomic E-state index is -0.0951. The van der Waals surface area contributed by atoms with E-state index >= 15 is 0 Å². The Morgan fingerprint density at radius 1 is 1.05 bits per heavy atom. The smallest absolute Gasteiger partial charge is 0.0753 e.